The van der Waals surface area contributed by atoms with Crippen LogP contribution in [0.3, 0.4) is 0 Å². The molecular formula is C15H26N4O. The number of nitrogens with one attached hydrogen (secondary N) is 1. The summed E-state index contributed by atoms with van der Waals surface area (Å²) in [4.78, 5) is 14.1. The Labute approximate surface area is 121 Å². The van der Waals surface area contributed by atoms with Crippen molar-refractivity contribution >= 4 is 5.69 Å². The van der Waals surface area contributed by atoms with Crippen LogP contribution in [0.2, 0.25) is 0 Å². The summed E-state index contributed by atoms with van der Waals surface area (Å²) >= 11 is 0. The van der Waals surface area contributed by atoms with Gasteiger partial charge in [-0.25, -0.2) is 4.68 Å². The normalized spacial score (nSPS) is 15.7. The highest BCUT2D eigenvalue weighted by molar-refractivity contribution is 5.41. The largest absolute Gasteiger partial charge is 0.373 e. The lowest BCUT2D eigenvalue weighted by molar-refractivity contribution is 0.470. The molecule has 0 radical (unpaired) electrons. The van der Waals surface area contributed by atoms with E-state index in [0.29, 0.717) is 12.6 Å². The topological polar surface area (TPSA) is 50.2 Å². The molecule has 2 rings (SSSR count). The number of rotatable bonds is 7. The molecule has 0 spiro atoms. The average Bonchev–Trinajstić information content (AvgIpc) is 2.94. The van der Waals surface area contributed by atoms with Crippen molar-refractivity contribution in [2.45, 2.75) is 51.6 Å². The molecule has 0 aromatic carbocycles. The van der Waals surface area contributed by atoms with Crippen molar-refractivity contribution in [2.75, 3.05) is 25.0 Å². The maximum absolute atomic E-state index is 12.0. The number of anilines is 1. The quantitative estimate of drug-likeness (QED) is 0.823. The summed E-state index contributed by atoms with van der Waals surface area (Å²) in [5, 5.41) is 7.77. The summed E-state index contributed by atoms with van der Waals surface area (Å²) in [5.41, 5.74) is 0.885. The van der Waals surface area contributed by atoms with Crippen LogP contribution in [0, 0.1) is 0 Å². The minimum Gasteiger partial charge on any atom is -0.373 e. The zero-order valence-electron chi connectivity index (χ0n) is 12.6. The van der Waals surface area contributed by atoms with Gasteiger partial charge in [0.25, 0.3) is 5.56 Å². The van der Waals surface area contributed by atoms with E-state index in [1.54, 1.807) is 16.9 Å². The van der Waals surface area contributed by atoms with E-state index in [-0.39, 0.29) is 5.56 Å². The lowest BCUT2D eigenvalue weighted by Gasteiger charge is -2.18. The first-order chi connectivity index (χ1) is 9.70. The first kappa shape index (κ1) is 15.0. The minimum absolute atomic E-state index is 0.0151. The van der Waals surface area contributed by atoms with Gasteiger partial charge < -0.3 is 10.2 Å². The van der Waals surface area contributed by atoms with Crippen LogP contribution in [-0.2, 0) is 6.54 Å². The van der Waals surface area contributed by atoms with Gasteiger partial charge >= 0.3 is 0 Å². The molecule has 0 aliphatic heterocycles. The van der Waals surface area contributed by atoms with Crippen molar-refractivity contribution in [2.24, 2.45) is 0 Å². The molecule has 1 aliphatic carbocycles. The zero-order valence-corrected chi connectivity index (χ0v) is 12.6. The highest BCUT2D eigenvalue weighted by Gasteiger charge is 2.13. The summed E-state index contributed by atoms with van der Waals surface area (Å²) in [6, 6.07) is 2.32. The second-order valence-corrected chi connectivity index (χ2v) is 5.63. The minimum atomic E-state index is -0.0151. The molecular weight excluding hydrogens is 252 g/mol. The summed E-state index contributed by atoms with van der Waals surface area (Å²) in [5.74, 6) is 0. The first-order valence-electron chi connectivity index (χ1n) is 7.72. The van der Waals surface area contributed by atoms with Gasteiger partial charge in [-0.1, -0.05) is 19.8 Å². The van der Waals surface area contributed by atoms with Gasteiger partial charge in [0.05, 0.1) is 18.4 Å². The van der Waals surface area contributed by atoms with E-state index in [1.807, 2.05) is 7.05 Å². The van der Waals surface area contributed by atoms with Gasteiger partial charge in [0.15, 0.2) is 0 Å². The molecule has 0 unspecified atom stereocenters. The number of aromatic nitrogens is 2. The molecule has 0 atom stereocenters. The maximum Gasteiger partial charge on any atom is 0.268 e. The van der Waals surface area contributed by atoms with Gasteiger partial charge in [-0.05, 0) is 19.3 Å². The molecule has 1 N–H and O–H groups in total. The first-order valence-corrected chi connectivity index (χ1v) is 7.72. The molecule has 0 bridgehead atoms. The van der Waals surface area contributed by atoms with Crippen LogP contribution in [0.15, 0.2) is 17.1 Å². The van der Waals surface area contributed by atoms with E-state index in [4.69, 9.17) is 0 Å². The van der Waals surface area contributed by atoms with Crippen molar-refractivity contribution < 1.29 is 0 Å². The SMILES string of the molecule is CCCN(C)c1cnn(CCNC2CCCC2)c(=O)c1. The molecule has 1 aliphatic rings. The van der Waals surface area contributed by atoms with Crippen molar-refractivity contribution in [3.05, 3.63) is 22.6 Å². The number of hydrogen-bond donors (Lipinski definition) is 1. The standard InChI is InChI=1S/C15H26N4O/c1-3-9-18(2)14-11-15(20)19(17-12-14)10-8-16-13-6-4-5-7-13/h11-13,16H,3-10H2,1-2H3. The van der Waals surface area contributed by atoms with Gasteiger partial charge in [0.2, 0.25) is 0 Å². The highest BCUT2D eigenvalue weighted by atomic mass is 16.1. The predicted molar refractivity (Wildman–Crippen MR) is 82.3 cm³/mol. The molecule has 5 nitrogen and oxygen atoms in total. The van der Waals surface area contributed by atoms with Crippen molar-refractivity contribution in [3.8, 4) is 0 Å². The molecule has 0 amide bonds. The number of hydrogen-bond acceptors (Lipinski definition) is 4. The number of nitrogens with zero attached hydrogens (tertiary/aromatic N) is 3. The van der Waals surface area contributed by atoms with E-state index >= 15 is 0 Å². The smallest absolute Gasteiger partial charge is 0.268 e. The monoisotopic (exact) mass is 278 g/mol. The van der Waals surface area contributed by atoms with E-state index in [0.717, 1.165) is 25.2 Å². The Morgan fingerprint density at radius 1 is 1.45 bits per heavy atom. The summed E-state index contributed by atoms with van der Waals surface area (Å²) in [6.45, 7) is 4.53. The summed E-state index contributed by atoms with van der Waals surface area (Å²) in [6.07, 6.45) is 8.03. The maximum atomic E-state index is 12.0. The second kappa shape index (κ2) is 7.43. The van der Waals surface area contributed by atoms with Crippen LogP contribution < -0.4 is 15.8 Å². The lowest BCUT2D eigenvalue weighted by Crippen LogP contribution is -2.33. The van der Waals surface area contributed by atoms with Gasteiger partial charge in [0.1, 0.15) is 0 Å². The Morgan fingerprint density at radius 2 is 2.20 bits per heavy atom. The van der Waals surface area contributed by atoms with Gasteiger partial charge in [-0.15, -0.1) is 0 Å². The lowest BCUT2D eigenvalue weighted by atomic mass is 10.2. The van der Waals surface area contributed by atoms with Crippen LogP contribution in [0.25, 0.3) is 0 Å². The Morgan fingerprint density at radius 3 is 2.85 bits per heavy atom. The third-order valence-electron chi connectivity index (χ3n) is 3.97. The van der Waals surface area contributed by atoms with Crippen molar-refractivity contribution in [3.63, 3.8) is 0 Å². The fourth-order valence-corrected chi connectivity index (χ4v) is 2.77. The van der Waals surface area contributed by atoms with Crippen LogP contribution in [0.5, 0.6) is 0 Å². The predicted octanol–water partition coefficient (Wildman–Crippen LogP) is 1.62. The Balaban J connectivity index is 1.87. The van der Waals surface area contributed by atoms with Gasteiger partial charge in [-0.3, -0.25) is 4.79 Å². The second-order valence-electron chi connectivity index (χ2n) is 5.63. The molecule has 5 heteroatoms. The zero-order chi connectivity index (χ0) is 14.4. The van der Waals surface area contributed by atoms with Crippen LogP contribution in [-0.4, -0.2) is 36.0 Å². The third kappa shape index (κ3) is 4.07. The fourth-order valence-electron chi connectivity index (χ4n) is 2.77. The summed E-state index contributed by atoms with van der Waals surface area (Å²) < 4.78 is 1.55. The molecule has 20 heavy (non-hydrogen) atoms. The van der Waals surface area contributed by atoms with Gasteiger partial charge in [-0.2, -0.15) is 5.10 Å². The fraction of sp³-hybridized carbons (Fsp3) is 0.733. The van der Waals surface area contributed by atoms with E-state index in [9.17, 15) is 4.79 Å². The molecule has 1 heterocycles. The molecule has 1 aromatic heterocycles. The molecule has 1 fully saturated rings. The Bertz CT molecular complexity index is 465. The van der Waals surface area contributed by atoms with Crippen molar-refractivity contribution in [1.82, 2.24) is 15.1 Å². The Kier molecular flexibility index (Phi) is 5.59. The third-order valence-corrected chi connectivity index (χ3v) is 3.97. The Hall–Kier alpha value is -1.36. The van der Waals surface area contributed by atoms with Crippen LogP contribution in [0.4, 0.5) is 5.69 Å². The molecule has 0 saturated heterocycles. The molecule has 112 valence electrons. The van der Waals surface area contributed by atoms with E-state index in [1.165, 1.54) is 25.7 Å². The van der Waals surface area contributed by atoms with E-state index in [2.05, 4.69) is 22.2 Å². The molecule has 1 saturated carbocycles. The van der Waals surface area contributed by atoms with Crippen LogP contribution >= 0.6 is 0 Å². The van der Waals surface area contributed by atoms with E-state index < -0.39 is 0 Å². The van der Waals surface area contributed by atoms with Crippen LogP contribution in [0.1, 0.15) is 39.0 Å². The average molecular weight is 278 g/mol. The van der Waals surface area contributed by atoms with Gasteiger partial charge in [0, 0.05) is 32.2 Å². The highest BCUT2D eigenvalue weighted by Crippen LogP contribution is 2.17. The summed E-state index contributed by atoms with van der Waals surface area (Å²) in [7, 11) is 1.99. The molecule has 1 aromatic rings. The van der Waals surface area contributed by atoms with Crippen molar-refractivity contribution in [1.29, 1.82) is 0 Å².